The Morgan fingerprint density at radius 3 is 2.65 bits per heavy atom. The highest BCUT2D eigenvalue weighted by atomic mass is 16.2. The van der Waals surface area contributed by atoms with Crippen molar-refractivity contribution in [1.29, 1.82) is 0 Å². The van der Waals surface area contributed by atoms with Crippen molar-refractivity contribution in [2.75, 3.05) is 13.1 Å². The first-order valence-electron chi connectivity index (χ1n) is 6.41. The minimum atomic E-state index is 0.0156. The molecule has 94 valence electrons. The Hall–Kier alpha value is -1.32. The molecule has 0 aromatic carbocycles. The zero-order valence-electron chi connectivity index (χ0n) is 10.9. The van der Waals surface area contributed by atoms with E-state index in [-0.39, 0.29) is 6.03 Å². The van der Waals surface area contributed by atoms with E-state index in [0.717, 1.165) is 37.9 Å². The van der Waals surface area contributed by atoms with E-state index in [1.807, 2.05) is 11.8 Å². The van der Waals surface area contributed by atoms with Gasteiger partial charge in [-0.05, 0) is 37.2 Å². The van der Waals surface area contributed by atoms with Crippen LogP contribution in [0.25, 0.3) is 0 Å². The number of likely N-dealkylation sites (tertiary alicyclic amines) is 1. The highest BCUT2D eigenvalue weighted by Crippen LogP contribution is 2.37. The van der Waals surface area contributed by atoms with Crippen LogP contribution in [0.3, 0.4) is 0 Å². The molecule has 0 atom stereocenters. The fraction of sp³-hybridized carbons (Fsp3) is 0.692. The SMILES string of the molecule is CCC1(CC)CCN(C(=O)n2cc(C)cn2)C1. The molecule has 1 aliphatic rings. The molecule has 0 bridgehead atoms. The minimum absolute atomic E-state index is 0.0156. The monoisotopic (exact) mass is 235 g/mol. The Balaban J connectivity index is 2.08. The Bertz CT molecular complexity index is 407. The Morgan fingerprint density at radius 1 is 1.47 bits per heavy atom. The Kier molecular flexibility index (Phi) is 3.22. The zero-order chi connectivity index (χ0) is 12.5. The van der Waals surface area contributed by atoms with Crippen molar-refractivity contribution in [1.82, 2.24) is 14.7 Å². The van der Waals surface area contributed by atoms with Crippen LogP contribution in [0.2, 0.25) is 0 Å². The molecule has 4 nitrogen and oxygen atoms in total. The Morgan fingerprint density at radius 2 is 2.18 bits per heavy atom. The second-order valence-corrected chi connectivity index (χ2v) is 5.12. The molecule has 4 heteroatoms. The average molecular weight is 235 g/mol. The van der Waals surface area contributed by atoms with Gasteiger partial charge < -0.3 is 4.90 Å². The van der Waals surface area contributed by atoms with Gasteiger partial charge in [-0.15, -0.1) is 0 Å². The third-order valence-corrected chi connectivity index (χ3v) is 4.12. The molecule has 2 rings (SSSR count). The minimum Gasteiger partial charge on any atom is -0.322 e. The summed E-state index contributed by atoms with van der Waals surface area (Å²) in [5.41, 5.74) is 1.35. The van der Waals surface area contributed by atoms with Gasteiger partial charge in [0.2, 0.25) is 0 Å². The molecule has 17 heavy (non-hydrogen) atoms. The first-order valence-corrected chi connectivity index (χ1v) is 6.41. The molecule has 0 N–H and O–H groups in total. The van der Waals surface area contributed by atoms with Crippen molar-refractivity contribution < 1.29 is 4.79 Å². The number of carbonyl (C=O) groups excluding carboxylic acids is 1. The fourth-order valence-electron chi connectivity index (χ4n) is 2.59. The van der Waals surface area contributed by atoms with Crippen LogP contribution in [-0.4, -0.2) is 33.8 Å². The number of hydrogen-bond donors (Lipinski definition) is 0. The summed E-state index contributed by atoms with van der Waals surface area (Å²) in [4.78, 5) is 14.1. The number of carbonyl (C=O) groups is 1. The van der Waals surface area contributed by atoms with Crippen LogP contribution in [0.4, 0.5) is 4.79 Å². The van der Waals surface area contributed by atoms with E-state index in [0.29, 0.717) is 5.41 Å². The smallest absolute Gasteiger partial charge is 0.322 e. The summed E-state index contributed by atoms with van der Waals surface area (Å²) in [5, 5.41) is 4.09. The zero-order valence-corrected chi connectivity index (χ0v) is 10.9. The largest absolute Gasteiger partial charge is 0.344 e. The van der Waals surface area contributed by atoms with Crippen LogP contribution in [0.5, 0.6) is 0 Å². The van der Waals surface area contributed by atoms with E-state index in [9.17, 15) is 4.79 Å². The molecular weight excluding hydrogens is 214 g/mol. The molecule has 0 radical (unpaired) electrons. The van der Waals surface area contributed by atoms with Gasteiger partial charge in [-0.2, -0.15) is 9.78 Å². The quantitative estimate of drug-likeness (QED) is 0.790. The highest BCUT2D eigenvalue weighted by molar-refractivity contribution is 5.76. The van der Waals surface area contributed by atoms with Gasteiger partial charge in [0.1, 0.15) is 0 Å². The first kappa shape index (κ1) is 12.1. The average Bonchev–Trinajstić information content (AvgIpc) is 2.95. The van der Waals surface area contributed by atoms with Gasteiger partial charge in [-0.1, -0.05) is 13.8 Å². The van der Waals surface area contributed by atoms with Crippen LogP contribution < -0.4 is 0 Å². The molecule has 0 aliphatic carbocycles. The molecule has 0 spiro atoms. The van der Waals surface area contributed by atoms with Crippen LogP contribution in [0.1, 0.15) is 38.7 Å². The summed E-state index contributed by atoms with van der Waals surface area (Å²) < 4.78 is 1.46. The van der Waals surface area contributed by atoms with Crippen LogP contribution in [0.15, 0.2) is 12.4 Å². The number of amides is 1. The highest BCUT2D eigenvalue weighted by Gasteiger charge is 2.37. The predicted octanol–water partition coefficient (Wildman–Crippen LogP) is 2.67. The Labute approximate surface area is 103 Å². The van der Waals surface area contributed by atoms with Crippen molar-refractivity contribution in [3.8, 4) is 0 Å². The molecule has 0 unspecified atom stereocenters. The van der Waals surface area contributed by atoms with Gasteiger partial charge >= 0.3 is 6.03 Å². The third-order valence-electron chi connectivity index (χ3n) is 4.12. The number of aryl methyl sites for hydroxylation is 1. The maximum Gasteiger partial charge on any atom is 0.344 e. The normalized spacial score (nSPS) is 18.6. The molecule has 1 aromatic heterocycles. The third kappa shape index (κ3) is 2.21. The number of aromatic nitrogens is 2. The maximum absolute atomic E-state index is 12.2. The lowest BCUT2D eigenvalue weighted by atomic mass is 9.82. The number of nitrogens with zero attached hydrogens (tertiary/aromatic N) is 3. The summed E-state index contributed by atoms with van der Waals surface area (Å²) >= 11 is 0. The molecule has 1 saturated heterocycles. The lowest BCUT2D eigenvalue weighted by Crippen LogP contribution is -2.35. The van der Waals surface area contributed by atoms with Crippen LogP contribution >= 0.6 is 0 Å². The van der Waals surface area contributed by atoms with Gasteiger partial charge in [-0.3, -0.25) is 0 Å². The molecule has 1 amide bonds. The number of hydrogen-bond acceptors (Lipinski definition) is 2. The molecule has 0 saturated carbocycles. The summed E-state index contributed by atoms with van der Waals surface area (Å²) in [6.07, 6.45) is 6.92. The van der Waals surface area contributed by atoms with E-state index in [2.05, 4.69) is 18.9 Å². The summed E-state index contributed by atoms with van der Waals surface area (Å²) in [6.45, 7) is 8.12. The van der Waals surface area contributed by atoms with Gasteiger partial charge in [0.25, 0.3) is 0 Å². The van der Waals surface area contributed by atoms with Gasteiger partial charge in [-0.25, -0.2) is 4.79 Å². The van der Waals surface area contributed by atoms with E-state index in [1.165, 1.54) is 4.68 Å². The van der Waals surface area contributed by atoms with Crippen molar-refractivity contribution in [3.63, 3.8) is 0 Å². The van der Waals surface area contributed by atoms with Crippen molar-refractivity contribution in [3.05, 3.63) is 18.0 Å². The topological polar surface area (TPSA) is 38.1 Å². The molecule has 1 fully saturated rings. The standard InChI is InChI=1S/C13H21N3O/c1-4-13(5-2)6-7-15(10-13)12(17)16-9-11(3)8-14-16/h8-9H,4-7,10H2,1-3H3. The first-order chi connectivity index (χ1) is 8.10. The fourth-order valence-corrected chi connectivity index (χ4v) is 2.59. The summed E-state index contributed by atoms with van der Waals surface area (Å²) in [7, 11) is 0. The lowest BCUT2D eigenvalue weighted by Gasteiger charge is -2.26. The van der Waals surface area contributed by atoms with Gasteiger partial charge in [0.15, 0.2) is 0 Å². The van der Waals surface area contributed by atoms with E-state index in [1.54, 1.807) is 12.4 Å². The lowest BCUT2D eigenvalue weighted by molar-refractivity contribution is 0.195. The molecular formula is C13H21N3O. The second-order valence-electron chi connectivity index (χ2n) is 5.12. The van der Waals surface area contributed by atoms with Crippen LogP contribution in [-0.2, 0) is 0 Å². The van der Waals surface area contributed by atoms with Crippen molar-refractivity contribution >= 4 is 6.03 Å². The van der Waals surface area contributed by atoms with Gasteiger partial charge in [0, 0.05) is 19.3 Å². The van der Waals surface area contributed by atoms with Crippen molar-refractivity contribution in [2.24, 2.45) is 5.41 Å². The van der Waals surface area contributed by atoms with Crippen LogP contribution in [0, 0.1) is 12.3 Å². The van der Waals surface area contributed by atoms with Gasteiger partial charge in [0.05, 0.1) is 6.20 Å². The predicted molar refractivity (Wildman–Crippen MR) is 67.0 cm³/mol. The summed E-state index contributed by atoms with van der Waals surface area (Å²) in [5.74, 6) is 0. The maximum atomic E-state index is 12.2. The molecule has 2 heterocycles. The second kappa shape index (κ2) is 4.51. The number of rotatable bonds is 2. The van der Waals surface area contributed by atoms with E-state index >= 15 is 0 Å². The summed E-state index contributed by atoms with van der Waals surface area (Å²) in [6, 6.07) is 0.0156. The molecule has 1 aromatic rings. The molecule has 1 aliphatic heterocycles. The van der Waals surface area contributed by atoms with Crippen molar-refractivity contribution in [2.45, 2.75) is 40.0 Å². The van der Waals surface area contributed by atoms with E-state index < -0.39 is 0 Å². The van der Waals surface area contributed by atoms with E-state index in [4.69, 9.17) is 0 Å².